The fourth-order valence-corrected chi connectivity index (χ4v) is 3.66. The first-order valence-electron chi connectivity index (χ1n) is 10.8. The molecule has 0 bridgehead atoms. The van der Waals surface area contributed by atoms with E-state index >= 15 is 0 Å². The molecule has 0 atom stereocenters. The molecule has 168 valence electrons. The van der Waals surface area contributed by atoms with E-state index in [0.717, 1.165) is 19.6 Å². The molecule has 0 aliphatic carbocycles. The van der Waals surface area contributed by atoms with Crippen LogP contribution in [0.1, 0.15) is 30.5 Å². The summed E-state index contributed by atoms with van der Waals surface area (Å²) in [6.45, 7) is 7.42. The zero-order chi connectivity index (χ0) is 23.0. The van der Waals surface area contributed by atoms with Crippen LogP contribution in [0, 0.1) is 0 Å². The van der Waals surface area contributed by atoms with E-state index in [-0.39, 0.29) is 11.1 Å². The van der Waals surface area contributed by atoms with E-state index in [1.54, 1.807) is 72.8 Å². The Hall–Kier alpha value is -3.05. The van der Waals surface area contributed by atoms with Crippen molar-refractivity contribution < 1.29 is 17.9 Å². The molecule has 3 rings (SSSR count). The maximum Gasteiger partial charge on any atom is 0.417 e. The minimum absolute atomic E-state index is 0.137. The largest absolute Gasteiger partial charge is 0.492 e. The van der Waals surface area contributed by atoms with Crippen LogP contribution in [-0.4, -0.2) is 37.3 Å². The molecule has 32 heavy (non-hydrogen) atoms. The van der Waals surface area contributed by atoms with Gasteiger partial charge in [-0.15, -0.1) is 0 Å². The molecule has 2 nitrogen and oxygen atoms in total. The average Bonchev–Trinajstić information content (AvgIpc) is 2.81. The first-order chi connectivity index (χ1) is 15.4. The van der Waals surface area contributed by atoms with E-state index < -0.39 is 11.7 Å². The van der Waals surface area contributed by atoms with Crippen molar-refractivity contribution in [3.05, 3.63) is 102 Å². The molecule has 0 aliphatic rings. The highest BCUT2D eigenvalue weighted by Crippen LogP contribution is 2.42. The summed E-state index contributed by atoms with van der Waals surface area (Å²) in [5.74, 6) is 0.640. The third-order valence-corrected chi connectivity index (χ3v) is 5.37. The monoisotopic (exact) mass is 439 g/mol. The Morgan fingerprint density at radius 1 is 0.719 bits per heavy atom. The van der Waals surface area contributed by atoms with Crippen LogP contribution in [0.4, 0.5) is 13.2 Å². The molecule has 0 amide bonds. The Kier molecular flexibility index (Phi) is 8.12. The maximum atomic E-state index is 14.3. The Bertz CT molecular complexity index is 993. The summed E-state index contributed by atoms with van der Waals surface area (Å²) in [7, 11) is 0. The number of allylic oxidation sites excluding steroid dienone is 1. The first-order valence-corrected chi connectivity index (χ1v) is 10.8. The lowest BCUT2D eigenvalue weighted by molar-refractivity contribution is -0.0685. The van der Waals surface area contributed by atoms with Gasteiger partial charge in [-0.3, -0.25) is 0 Å². The number of likely N-dealkylation sites (N-methyl/N-ethyl adjacent to an activating group) is 1. The Morgan fingerprint density at radius 3 is 1.72 bits per heavy atom. The molecule has 0 radical (unpaired) electrons. The summed E-state index contributed by atoms with van der Waals surface area (Å²) < 4.78 is 48.8. The fraction of sp³-hybridized carbons (Fsp3) is 0.259. The van der Waals surface area contributed by atoms with E-state index in [1.165, 1.54) is 12.1 Å². The van der Waals surface area contributed by atoms with Gasteiger partial charge in [-0.1, -0.05) is 86.6 Å². The summed E-state index contributed by atoms with van der Waals surface area (Å²) in [6.07, 6.45) is -4.52. The maximum absolute atomic E-state index is 14.3. The van der Waals surface area contributed by atoms with Gasteiger partial charge >= 0.3 is 6.18 Å². The summed E-state index contributed by atoms with van der Waals surface area (Å²) in [5, 5.41) is 0. The molecule has 0 fully saturated rings. The molecular formula is C27H28F3NO. The molecule has 0 unspecified atom stereocenters. The van der Waals surface area contributed by atoms with E-state index in [9.17, 15) is 13.2 Å². The van der Waals surface area contributed by atoms with Crippen molar-refractivity contribution in [2.24, 2.45) is 0 Å². The number of halogens is 3. The number of alkyl halides is 3. The van der Waals surface area contributed by atoms with Gasteiger partial charge in [0.25, 0.3) is 0 Å². The third kappa shape index (κ3) is 6.01. The van der Waals surface area contributed by atoms with Crippen LogP contribution in [0.5, 0.6) is 5.75 Å². The van der Waals surface area contributed by atoms with Crippen LogP contribution in [0.15, 0.2) is 84.9 Å². The van der Waals surface area contributed by atoms with Crippen LogP contribution < -0.4 is 4.74 Å². The SMILES string of the molecule is CCN(CC)CCOc1ccc(C(=C(c2ccccc2)C(F)(F)F)c2ccccc2)cc1. The zero-order valence-electron chi connectivity index (χ0n) is 18.4. The van der Waals surface area contributed by atoms with Crippen LogP contribution in [-0.2, 0) is 0 Å². The predicted octanol–water partition coefficient (Wildman–Crippen LogP) is 6.93. The van der Waals surface area contributed by atoms with Gasteiger partial charge in [0, 0.05) is 12.1 Å². The Labute approximate surface area is 188 Å². The molecule has 0 saturated heterocycles. The van der Waals surface area contributed by atoms with Crippen LogP contribution in [0.25, 0.3) is 11.1 Å². The lowest BCUT2D eigenvalue weighted by Crippen LogP contribution is -2.27. The van der Waals surface area contributed by atoms with E-state index in [2.05, 4.69) is 18.7 Å². The number of benzene rings is 3. The number of hydrogen-bond acceptors (Lipinski definition) is 2. The van der Waals surface area contributed by atoms with Gasteiger partial charge in [0.1, 0.15) is 12.4 Å². The normalized spacial score (nSPS) is 12.6. The number of hydrogen-bond donors (Lipinski definition) is 0. The quantitative estimate of drug-likeness (QED) is 0.335. The van der Waals surface area contributed by atoms with Gasteiger partial charge in [-0.2, -0.15) is 13.2 Å². The van der Waals surface area contributed by atoms with Crippen molar-refractivity contribution in [2.45, 2.75) is 20.0 Å². The fourth-order valence-electron chi connectivity index (χ4n) is 3.66. The van der Waals surface area contributed by atoms with Gasteiger partial charge in [0.05, 0.1) is 5.57 Å². The van der Waals surface area contributed by atoms with Crippen molar-refractivity contribution in [3.8, 4) is 5.75 Å². The third-order valence-electron chi connectivity index (χ3n) is 5.37. The highest BCUT2D eigenvalue weighted by molar-refractivity contribution is 6.00. The number of ether oxygens (including phenoxy) is 1. The van der Waals surface area contributed by atoms with Crippen LogP contribution in [0.3, 0.4) is 0 Å². The van der Waals surface area contributed by atoms with Crippen molar-refractivity contribution >= 4 is 11.1 Å². The van der Waals surface area contributed by atoms with Crippen molar-refractivity contribution in [2.75, 3.05) is 26.2 Å². The topological polar surface area (TPSA) is 12.5 Å². The summed E-state index contributed by atoms with van der Waals surface area (Å²) in [5.41, 5.74) is 0.638. The van der Waals surface area contributed by atoms with Gasteiger partial charge < -0.3 is 9.64 Å². The predicted molar refractivity (Wildman–Crippen MR) is 125 cm³/mol. The van der Waals surface area contributed by atoms with Crippen molar-refractivity contribution in [1.82, 2.24) is 4.90 Å². The number of nitrogens with zero attached hydrogens (tertiary/aromatic N) is 1. The highest BCUT2D eigenvalue weighted by Gasteiger charge is 2.38. The molecule has 5 heteroatoms. The molecular weight excluding hydrogens is 411 g/mol. The molecule has 3 aromatic rings. The second-order valence-electron chi connectivity index (χ2n) is 7.38. The minimum atomic E-state index is -4.52. The zero-order valence-corrected chi connectivity index (χ0v) is 18.4. The molecule has 0 N–H and O–H groups in total. The van der Waals surface area contributed by atoms with Gasteiger partial charge in [-0.05, 0) is 41.9 Å². The summed E-state index contributed by atoms with van der Waals surface area (Å²) in [6, 6.07) is 23.5. The molecule has 0 heterocycles. The second-order valence-corrected chi connectivity index (χ2v) is 7.38. The summed E-state index contributed by atoms with van der Waals surface area (Å²) >= 11 is 0. The molecule has 0 saturated carbocycles. The molecule has 0 aromatic heterocycles. The van der Waals surface area contributed by atoms with E-state index in [0.29, 0.717) is 23.5 Å². The highest BCUT2D eigenvalue weighted by atomic mass is 19.4. The second kappa shape index (κ2) is 11.0. The molecule has 0 aliphatic heterocycles. The van der Waals surface area contributed by atoms with Gasteiger partial charge in [0.15, 0.2) is 0 Å². The molecule has 0 spiro atoms. The first kappa shape index (κ1) is 23.6. The lowest BCUT2D eigenvalue weighted by Gasteiger charge is -2.20. The van der Waals surface area contributed by atoms with E-state index in [1.807, 2.05) is 0 Å². The van der Waals surface area contributed by atoms with Crippen LogP contribution in [0.2, 0.25) is 0 Å². The van der Waals surface area contributed by atoms with Crippen molar-refractivity contribution in [1.29, 1.82) is 0 Å². The Morgan fingerprint density at radius 2 is 1.22 bits per heavy atom. The summed E-state index contributed by atoms with van der Waals surface area (Å²) in [4.78, 5) is 2.25. The number of rotatable bonds is 9. The molecule has 3 aromatic carbocycles. The van der Waals surface area contributed by atoms with Crippen LogP contribution >= 0.6 is 0 Å². The minimum Gasteiger partial charge on any atom is -0.492 e. The van der Waals surface area contributed by atoms with Crippen molar-refractivity contribution in [3.63, 3.8) is 0 Å². The standard InChI is InChI=1S/C27H28F3NO/c1-3-31(4-2)19-20-32-24-17-15-22(16-18-24)25(21-11-7-5-8-12-21)26(27(28,29)30)23-13-9-6-10-14-23/h5-18H,3-4,19-20H2,1-2H3. The van der Waals surface area contributed by atoms with E-state index in [4.69, 9.17) is 4.74 Å². The van der Waals surface area contributed by atoms with Gasteiger partial charge in [-0.25, -0.2) is 0 Å². The Balaban J connectivity index is 2.01. The lowest BCUT2D eigenvalue weighted by atomic mass is 9.89. The van der Waals surface area contributed by atoms with Gasteiger partial charge in [0.2, 0.25) is 0 Å². The average molecular weight is 440 g/mol. The smallest absolute Gasteiger partial charge is 0.417 e.